The monoisotopic (exact) mass is 278 g/mol. The molecule has 0 atom stereocenters. The molecule has 0 unspecified atom stereocenters. The summed E-state index contributed by atoms with van der Waals surface area (Å²) in [6, 6.07) is 6.61. The van der Waals surface area contributed by atoms with E-state index in [0.29, 0.717) is 23.2 Å². The fourth-order valence-corrected chi connectivity index (χ4v) is 2.30. The van der Waals surface area contributed by atoms with Gasteiger partial charge in [-0.05, 0) is 25.1 Å². The molecule has 0 spiro atoms. The molecule has 1 aromatic carbocycles. The lowest BCUT2D eigenvalue weighted by Crippen LogP contribution is -2.09. The van der Waals surface area contributed by atoms with Crippen LogP contribution in [0.5, 0.6) is 5.75 Å². The summed E-state index contributed by atoms with van der Waals surface area (Å²) in [4.78, 5) is 18.8. The second-order valence-electron chi connectivity index (χ2n) is 3.71. The first-order valence-electron chi connectivity index (χ1n) is 5.65. The summed E-state index contributed by atoms with van der Waals surface area (Å²) in [5, 5.41) is 0.428. The average molecular weight is 278 g/mol. The number of nitrogens with zero attached hydrogens (tertiary/aromatic N) is 1. The summed E-state index contributed by atoms with van der Waals surface area (Å²) in [6.45, 7) is 2.42. The van der Waals surface area contributed by atoms with Crippen LogP contribution in [0.15, 0.2) is 39.1 Å². The minimum absolute atomic E-state index is 0.187. The number of aromatic amines is 1. The van der Waals surface area contributed by atoms with Crippen molar-refractivity contribution in [2.24, 2.45) is 0 Å². The fourth-order valence-electron chi connectivity index (χ4n) is 1.47. The lowest BCUT2D eigenvalue weighted by Gasteiger charge is -2.08. The molecule has 0 amide bonds. The number of nitrogens with one attached hydrogen (secondary N) is 1. The van der Waals surface area contributed by atoms with E-state index in [1.54, 1.807) is 12.1 Å². The molecule has 2 rings (SSSR count). The van der Waals surface area contributed by atoms with Crippen LogP contribution < -0.4 is 21.8 Å². The maximum absolute atomic E-state index is 11.3. The van der Waals surface area contributed by atoms with Crippen LogP contribution in [0.2, 0.25) is 0 Å². The number of nitrogens with two attached hydrogens (primary N) is 2. The average Bonchev–Trinajstić information content (AvgIpc) is 2.32. The normalized spacial score (nSPS) is 10.4. The van der Waals surface area contributed by atoms with E-state index < -0.39 is 0 Å². The summed E-state index contributed by atoms with van der Waals surface area (Å²) >= 11 is 1.28. The van der Waals surface area contributed by atoms with Gasteiger partial charge in [0.15, 0.2) is 5.16 Å². The van der Waals surface area contributed by atoms with Crippen LogP contribution >= 0.6 is 11.8 Å². The second-order valence-corrected chi connectivity index (χ2v) is 4.77. The van der Waals surface area contributed by atoms with Gasteiger partial charge in [0.25, 0.3) is 5.56 Å². The fraction of sp³-hybridized carbons (Fsp3) is 0.167. The molecule has 0 aliphatic carbocycles. The van der Waals surface area contributed by atoms with Gasteiger partial charge in [0.1, 0.15) is 11.6 Å². The van der Waals surface area contributed by atoms with Crippen molar-refractivity contribution >= 4 is 23.3 Å². The highest BCUT2D eigenvalue weighted by Gasteiger charge is 2.06. The van der Waals surface area contributed by atoms with E-state index in [4.69, 9.17) is 16.2 Å². The molecule has 0 radical (unpaired) electrons. The van der Waals surface area contributed by atoms with Crippen LogP contribution in [-0.4, -0.2) is 16.6 Å². The van der Waals surface area contributed by atoms with Crippen LogP contribution in [0.3, 0.4) is 0 Å². The third kappa shape index (κ3) is 3.41. The Morgan fingerprint density at radius 2 is 2.16 bits per heavy atom. The minimum Gasteiger partial charge on any atom is -0.492 e. The lowest BCUT2D eigenvalue weighted by atomic mass is 10.3. The summed E-state index contributed by atoms with van der Waals surface area (Å²) in [5.74, 6) is 0.797. The van der Waals surface area contributed by atoms with E-state index in [9.17, 15) is 4.79 Å². The molecule has 1 heterocycles. The van der Waals surface area contributed by atoms with Crippen molar-refractivity contribution in [1.82, 2.24) is 9.97 Å². The van der Waals surface area contributed by atoms with Crippen LogP contribution in [0.25, 0.3) is 0 Å². The largest absolute Gasteiger partial charge is 0.492 e. The molecule has 2 aromatic rings. The predicted octanol–water partition coefficient (Wildman–Crippen LogP) is 1.48. The van der Waals surface area contributed by atoms with Gasteiger partial charge in [-0.1, -0.05) is 11.8 Å². The van der Waals surface area contributed by atoms with Gasteiger partial charge in [0, 0.05) is 11.0 Å². The number of hydrogen-bond acceptors (Lipinski definition) is 6. The number of H-pyrrole nitrogens is 1. The molecule has 0 aliphatic rings. The van der Waals surface area contributed by atoms with Crippen molar-refractivity contribution in [2.45, 2.75) is 17.0 Å². The zero-order valence-corrected chi connectivity index (χ0v) is 11.2. The van der Waals surface area contributed by atoms with Crippen molar-refractivity contribution in [2.75, 3.05) is 18.1 Å². The Labute approximate surface area is 114 Å². The van der Waals surface area contributed by atoms with Gasteiger partial charge >= 0.3 is 0 Å². The smallest absolute Gasteiger partial charge is 0.253 e. The van der Waals surface area contributed by atoms with E-state index in [1.807, 2.05) is 13.0 Å². The summed E-state index contributed by atoms with van der Waals surface area (Å²) < 4.78 is 5.41. The van der Waals surface area contributed by atoms with Crippen molar-refractivity contribution in [3.8, 4) is 5.75 Å². The Bertz CT molecular complexity index is 642. The number of hydrogen-bond donors (Lipinski definition) is 3. The molecule has 19 heavy (non-hydrogen) atoms. The Morgan fingerprint density at radius 1 is 1.37 bits per heavy atom. The molecule has 0 saturated carbocycles. The van der Waals surface area contributed by atoms with E-state index in [2.05, 4.69) is 9.97 Å². The van der Waals surface area contributed by atoms with Crippen molar-refractivity contribution in [3.63, 3.8) is 0 Å². The first-order chi connectivity index (χ1) is 9.08. The summed E-state index contributed by atoms with van der Waals surface area (Å²) in [5.41, 5.74) is 11.6. The van der Waals surface area contributed by atoms with E-state index in [1.165, 1.54) is 17.8 Å². The number of ether oxygens (including phenoxy) is 1. The molecule has 0 fully saturated rings. The second kappa shape index (κ2) is 5.66. The highest BCUT2D eigenvalue weighted by molar-refractivity contribution is 7.99. The summed E-state index contributed by atoms with van der Waals surface area (Å²) in [6.07, 6.45) is 0. The van der Waals surface area contributed by atoms with E-state index >= 15 is 0 Å². The third-order valence-electron chi connectivity index (χ3n) is 2.24. The highest BCUT2D eigenvalue weighted by Crippen LogP contribution is 2.31. The van der Waals surface area contributed by atoms with Gasteiger partial charge in [-0.15, -0.1) is 0 Å². The summed E-state index contributed by atoms with van der Waals surface area (Å²) in [7, 11) is 0. The van der Waals surface area contributed by atoms with Gasteiger partial charge in [0.05, 0.1) is 12.3 Å². The number of benzene rings is 1. The molecule has 7 heteroatoms. The van der Waals surface area contributed by atoms with Crippen molar-refractivity contribution < 1.29 is 4.74 Å². The molecule has 5 N–H and O–H groups in total. The lowest BCUT2D eigenvalue weighted by molar-refractivity contribution is 0.341. The van der Waals surface area contributed by atoms with E-state index in [-0.39, 0.29) is 11.4 Å². The molecule has 6 nitrogen and oxygen atoms in total. The Balaban J connectivity index is 2.27. The molecule has 1 aromatic heterocycles. The van der Waals surface area contributed by atoms with Crippen molar-refractivity contribution in [3.05, 3.63) is 34.6 Å². The van der Waals surface area contributed by atoms with Gasteiger partial charge in [-0.2, -0.15) is 0 Å². The quantitative estimate of drug-likeness (QED) is 0.577. The maximum Gasteiger partial charge on any atom is 0.253 e. The van der Waals surface area contributed by atoms with Crippen LogP contribution in [0, 0.1) is 0 Å². The molecule has 100 valence electrons. The zero-order valence-electron chi connectivity index (χ0n) is 10.3. The first-order valence-corrected chi connectivity index (χ1v) is 6.47. The number of rotatable bonds is 4. The SMILES string of the molecule is CCOc1cc(Sc2nc(N)cc(=O)[nH]2)ccc1N. The molecule has 0 saturated heterocycles. The zero-order chi connectivity index (χ0) is 13.8. The standard InChI is InChI=1S/C12H14N4O2S/c1-2-18-9-5-7(3-4-8(9)13)19-12-15-10(14)6-11(17)16-12/h3-6H,2,13H2,1H3,(H3,14,15,16,17). The topological polar surface area (TPSA) is 107 Å². The van der Waals surface area contributed by atoms with Gasteiger partial charge in [-0.3, -0.25) is 4.79 Å². The minimum atomic E-state index is -0.282. The van der Waals surface area contributed by atoms with Crippen LogP contribution in [0.4, 0.5) is 11.5 Å². The molecular weight excluding hydrogens is 264 g/mol. The Kier molecular flexibility index (Phi) is 3.96. The van der Waals surface area contributed by atoms with Gasteiger partial charge in [-0.25, -0.2) is 4.98 Å². The number of aromatic nitrogens is 2. The van der Waals surface area contributed by atoms with Crippen molar-refractivity contribution in [1.29, 1.82) is 0 Å². The number of anilines is 2. The van der Waals surface area contributed by atoms with Gasteiger partial charge in [0.2, 0.25) is 0 Å². The number of nitrogen functional groups attached to an aromatic ring is 2. The predicted molar refractivity (Wildman–Crippen MR) is 75.4 cm³/mol. The maximum atomic E-state index is 11.3. The Morgan fingerprint density at radius 3 is 2.84 bits per heavy atom. The van der Waals surface area contributed by atoms with E-state index in [0.717, 1.165) is 4.90 Å². The van der Waals surface area contributed by atoms with Gasteiger partial charge < -0.3 is 21.2 Å². The van der Waals surface area contributed by atoms with Crippen LogP contribution in [-0.2, 0) is 0 Å². The third-order valence-corrected chi connectivity index (χ3v) is 3.12. The van der Waals surface area contributed by atoms with Crippen LogP contribution in [0.1, 0.15) is 6.92 Å². The molecule has 0 bridgehead atoms. The Hall–Kier alpha value is -2.15. The molecular formula is C12H14N4O2S. The highest BCUT2D eigenvalue weighted by atomic mass is 32.2. The molecule has 0 aliphatic heterocycles. The first kappa shape index (κ1) is 13.3.